The van der Waals surface area contributed by atoms with E-state index in [1.165, 1.54) is 10.9 Å². The van der Waals surface area contributed by atoms with Crippen LogP contribution in [0.1, 0.15) is 49.1 Å². The maximum absolute atomic E-state index is 12.4. The summed E-state index contributed by atoms with van der Waals surface area (Å²) in [6.45, 7) is 1.44. The van der Waals surface area contributed by atoms with Gasteiger partial charge in [0.15, 0.2) is 6.61 Å². The van der Waals surface area contributed by atoms with Crippen molar-refractivity contribution in [2.24, 2.45) is 13.0 Å². The van der Waals surface area contributed by atoms with Gasteiger partial charge in [0.05, 0.1) is 18.3 Å². The fourth-order valence-corrected chi connectivity index (χ4v) is 4.94. The Labute approximate surface area is 203 Å². The van der Waals surface area contributed by atoms with Gasteiger partial charge in [-0.1, -0.05) is 6.07 Å². The summed E-state index contributed by atoms with van der Waals surface area (Å²) in [6, 6.07) is 3.60. The minimum absolute atomic E-state index is 0.00124. The first-order valence-corrected chi connectivity index (χ1v) is 12.3. The number of aryl methyl sites for hydroxylation is 1. The number of ether oxygens (including phenoxy) is 1. The molecule has 11 heteroatoms. The molecule has 2 aromatic heterocycles. The summed E-state index contributed by atoms with van der Waals surface area (Å²) < 4.78 is 42.0. The van der Waals surface area contributed by atoms with Gasteiger partial charge >= 0.3 is 6.18 Å². The lowest BCUT2D eigenvalue weighted by atomic mass is 9.84. The lowest BCUT2D eigenvalue weighted by Gasteiger charge is -2.30. The first kappa shape index (κ1) is 25.4. The Morgan fingerprint density at radius 1 is 1.17 bits per heavy atom. The molecule has 2 aliphatic rings. The van der Waals surface area contributed by atoms with Gasteiger partial charge in [-0.05, 0) is 56.6 Å². The predicted molar refractivity (Wildman–Crippen MR) is 123 cm³/mol. The lowest BCUT2D eigenvalue weighted by molar-refractivity contribution is -0.154. The molecule has 0 radical (unpaired) electrons. The quantitative estimate of drug-likeness (QED) is 0.608. The number of hydrogen-bond donors (Lipinski definition) is 1. The van der Waals surface area contributed by atoms with E-state index in [-0.39, 0.29) is 24.2 Å². The van der Waals surface area contributed by atoms with Crippen molar-refractivity contribution < 1.29 is 22.7 Å². The van der Waals surface area contributed by atoms with Gasteiger partial charge in [0.2, 0.25) is 11.8 Å². The summed E-state index contributed by atoms with van der Waals surface area (Å²) in [7, 11) is 1.73. The van der Waals surface area contributed by atoms with Crippen molar-refractivity contribution >= 4 is 5.91 Å². The average molecular weight is 495 g/mol. The number of rotatable bonds is 8. The summed E-state index contributed by atoms with van der Waals surface area (Å²) in [5.41, 5.74) is 2.60. The molecular weight excluding hydrogens is 461 g/mol. The summed E-state index contributed by atoms with van der Waals surface area (Å²) in [5, 5.41) is 11.3. The van der Waals surface area contributed by atoms with E-state index in [9.17, 15) is 18.0 Å². The minimum atomic E-state index is -4.37. The molecule has 35 heavy (non-hydrogen) atoms. The predicted octanol–water partition coefficient (Wildman–Crippen LogP) is 2.86. The summed E-state index contributed by atoms with van der Waals surface area (Å²) in [4.78, 5) is 20.5. The van der Waals surface area contributed by atoms with Gasteiger partial charge in [0.1, 0.15) is 0 Å². The molecule has 3 heterocycles. The molecule has 0 saturated heterocycles. The molecule has 8 nitrogen and oxygen atoms in total. The van der Waals surface area contributed by atoms with E-state index in [0.29, 0.717) is 18.0 Å². The van der Waals surface area contributed by atoms with Gasteiger partial charge in [-0.15, -0.1) is 0 Å². The Hall–Kier alpha value is -2.69. The molecule has 4 rings (SSSR count). The summed E-state index contributed by atoms with van der Waals surface area (Å²) in [5.74, 6) is 0.683. The molecule has 1 aliphatic carbocycles. The second-order valence-corrected chi connectivity index (χ2v) is 9.58. The molecule has 192 valence electrons. The van der Waals surface area contributed by atoms with Crippen molar-refractivity contribution in [1.82, 2.24) is 30.2 Å². The van der Waals surface area contributed by atoms with Gasteiger partial charge in [-0.3, -0.25) is 4.79 Å². The van der Waals surface area contributed by atoms with Crippen LogP contribution in [0.2, 0.25) is 0 Å². The molecule has 1 saturated carbocycles. The largest absolute Gasteiger partial charge is 0.468 e. The summed E-state index contributed by atoms with van der Waals surface area (Å²) in [6.07, 6.45) is 4.37. The lowest BCUT2D eigenvalue weighted by Crippen LogP contribution is -2.39. The second-order valence-electron chi connectivity index (χ2n) is 9.58. The number of nitrogens with one attached hydrogen (secondary N) is 1. The minimum Gasteiger partial charge on any atom is -0.468 e. The van der Waals surface area contributed by atoms with Crippen LogP contribution in [0.5, 0.6) is 5.88 Å². The molecule has 1 N–H and O–H groups in total. The molecule has 1 amide bonds. The molecule has 1 fully saturated rings. The van der Waals surface area contributed by atoms with Gasteiger partial charge in [-0.2, -0.15) is 28.2 Å². The van der Waals surface area contributed by atoms with E-state index < -0.39 is 12.8 Å². The first-order valence-electron chi connectivity index (χ1n) is 12.3. The van der Waals surface area contributed by atoms with Crippen LogP contribution in [0.15, 0.2) is 18.3 Å². The maximum atomic E-state index is 12.4. The third kappa shape index (κ3) is 7.91. The van der Waals surface area contributed by atoms with Crippen LogP contribution in [-0.2, 0) is 31.1 Å². The highest BCUT2D eigenvalue weighted by atomic mass is 19.4. The number of carbonyl (C=O) groups is 1. The number of nitrogens with zero attached hydrogens (tertiary/aromatic N) is 5. The number of aromatic nitrogens is 4. The van der Waals surface area contributed by atoms with E-state index in [2.05, 4.69) is 25.4 Å². The summed E-state index contributed by atoms with van der Waals surface area (Å²) >= 11 is 0. The van der Waals surface area contributed by atoms with E-state index >= 15 is 0 Å². The maximum Gasteiger partial charge on any atom is 0.422 e. The van der Waals surface area contributed by atoms with Crippen LogP contribution in [-0.4, -0.2) is 69.2 Å². The van der Waals surface area contributed by atoms with Crippen LogP contribution in [0.4, 0.5) is 13.2 Å². The van der Waals surface area contributed by atoms with Crippen molar-refractivity contribution in [3.8, 4) is 5.88 Å². The second kappa shape index (κ2) is 11.4. The van der Waals surface area contributed by atoms with E-state index in [4.69, 9.17) is 4.74 Å². The van der Waals surface area contributed by atoms with Crippen LogP contribution >= 0.6 is 0 Å². The zero-order valence-electron chi connectivity index (χ0n) is 20.1. The normalized spacial score (nSPS) is 21.3. The Morgan fingerprint density at radius 3 is 2.66 bits per heavy atom. The molecule has 1 aliphatic heterocycles. The Kier molecular flexibility index (Phi) is 8.25. The van der Waals surface area contributed by atoms with Crippen LogP contribution in [0.3, 0.4) is 0 Å². The van der Waals surface area contributed by atoms with E-state index in [0.717, 1.165) is 69.4 Å². The zero-order valence-corrected chi connectivity index (χ0v) is 20.1. The van der Waals surface area contributed by atoms with Crippen molar-refractivity contribution in [1.29, 1.82) is 0 Å². The Balaban J connectivity index is 1.16. The van der Waals surface area contributed by atoms with E-state index in [1.807, 2.05) is 6.07 Å². The topological polar surface area (TPSA) is 85.2 Å². The fourth-order valence-electron chi connectivity index (χ4n) is 4.94. The molecule has 0 bridgehead atoms. The average Bonchev–Trinajstić information content (AvgIpc) is 3.10. The highest BCUT2D eigenvalue weighted by molar-refractivity contribution is 5.78. The SMILES string of the molecule is Cn1ncc(CC(=O)N[C@H]2CC[C@H](CCN3CCc4ccc(OCC(F)(F)F)nc4CC3)CC2)n1. The molecule has 2 aromatic rings. The van der Waals surface area contributed by atoms with Crippen molar-refractivity contribution in [2.75, 3.05) is 26.2 Å². The highest BCUT2D eigenvalue weighted by Gasteiger charge is 2.29. The molecule has 0 spiro atoms. The molecular formula is C24H33F3N6O2. The van der Waals surface area contributed by atoms with Crippen molar-refractivity contribution in [2.45, 2.75) is 63.6 Å². The Morgan fingerprint density at radius 2 is 1.94 bits per heavy atom. The Bertz CT molecular complexity index is 988. The van der Waals surface area contributed by atoms with Crippen LogP contribution in [0, 0.1) is 5.92 Å². The number of amides is 1. The van der Waals surface area contributed by atoms with Gasteiger partial charge in [-0.25, -0.2) is 4.98 Å². The number of carbonyl (C=O) groups excluding carboxylic acids is 1. The van der Waals surface area contributed by atoms with Crippen LogP contribution < -0.4 is 10.1 Å². The zero-order chi connectivity index (χ0) is 24.8. The van der Waals surface area contributed by atoms with Crippen molar-refractivity contribution in [3.05, 3.63) is 35.3 Å². The van der Waals surface area contributed by atoms with Gasteiger partial charge in [0, 0.05) is 44.4 Å². The smallest absolute Gasteiger partial charge is 0.422 e. The third-order valence-electron chi connectivity index (χ3n) is 6.84. The first-order chi connectivity index (χ1) is 16.7. The number of alkyl halides is 3. The number of hydrogen-bond acceptors (Lipinski definition) is 6. The molecule has 0 unspecified atom stereocenters. The van der Waals surface area contributed by atoms with Crippen LogP contribution in [0.25, 0.3) is 0 Å². The van der Waals surface area contributed by atoms with Gasteiger partial charge in [0.25, 0.3) is 0 Å². The van der Waals surface area contributed by atoms with Crippen molar-refractivity contribution in [3.63, 3.8) is 0 Å². The highest BCUT2D eigenvalue weighted by Crippen LogP contribution is 2.28. The fraction of sp³-hybridized carbons (Fsp3) is 0.667. The number of fused-ring (bicyclic) bond motifs is 1. The van der Waals surface area contributed by atoms with E-state index in [1.54, 1.807) is 13.2 Å². The molecule has 0 aromatic carbocycles. The molecule has 0 atom stereocenters. The van der Waals surface area contributed by atoms with Gasteiger partial charge < -0.3 is 15.0 Å². The standard InChI is InChI=1S/C24H33F3N6O2/c1-32-28-15-20(31-32)14-22(34)29-19-5-2-17(3-6-19)8-11-33-12-9-18-4-7-23(30-21(18)10-13-33)35-16-24(25,26)27/h4,7,15,17,19H,2-3,5-6,8-14,16H2,1H3,(H,29,34)/t17-,19-. The number of halogens is 3. The third-order valence-corrected chi connectivity index (χ3v) is 6.84. The monoisotopic (exact) mass is 494 g/mol. The number of pyridine rings is 1.